The van der Waals surface area contributed by atoms with Crippen LogP contribution >= 0.6 is 0 Å². The predicted octanol–water partition coefficient (Wildman–Crippen LogP) is 4.76. The number of ether oxygens (including phenoxy) is 1. The molecule has 4 rings (SSSR count). The molecule has 0 saturated carbocycles. The van der Waals surface area contributed by atoms with Crippen LogP contribution in [0, 0.1) is 5.92 Å². The first-order valence-electron chi connectivity index (χ1n) is 9.91. The molecule has 1 saturated heterocycles. The van der Waals surface area contributed by atoms with E-state index in [1.54, 1.807) is 6.20 Å². The van der Waals surface area contributed by atoms with E-state index in [4.69, 9.17) is 4.74 Å². The number of carboxylic acid groups (broad SMARTS) is 1. The van der Waals surface area contributed by atoms with Crippen LogP contribution in [-0.2, 0) is 4.79 Å². The van der Waals surface area contributed by atoms with Crippen molar-refractivity contribution in [2.45, 2.75) is 18.9 Å². The van der Waals surface area contributed by atoms with Gasteiger partial charge in [-0.3, -0.25) is 14.7 Å². The first-order valence-corrected chi connectivity index (χ1v) is 9.91. The molecule has 0 spiro atoms. The molecule has 1 aliphatic rings. The van der Waals surface area contributed by atoms with E-state index in [2.05, 4.69) is 16.0 Å². The van der Waals surface area contributed by atoms with Gasteiger partial charge < -0.3 is 9.84 Å². The normalized spacial score (nSPS) is 18.1. The SMILES string of the molecule is O=C(O)C1CCCN(C(c2cccc(Oc3ccccc3)c2)c2ccccn2)C1. The summed E-state index contributed by atoms with van der Waals surface area (Å²) < 4.78 is 6.02. The fourth-order valence-electron chi connectivity index (χ4n) is 3.92. The van der Waals surface area contributed by atoms with Crippen molar-refractivity contribution in [1.29, 1.82) is 0 Å². The van der Waals surface area contributed by atoms with E-state index < -0.39 is 5.97 Å². The Hall–Kier alpha value is -3.18. The highest BCUT2D eigenvalue weighted by Crippen LogP contribution is 2.34. The van der Waals surface area contributed by atoms with E-state index in [1.165, 1.54) is 0 Å². The molecule has 2 atom stereocenters. The van der Waals surface area contributed by atoms with Crippen molar-refractivity contribution < 1.29 is 14.6 Å². The van der Waals surface area contributed by atoms with Crippen LogP contribution in [0.4, 0.5) is 0 Å². The summed E-state index contributed by atoms with van der Waals surface area (Å²) in [7, 11) is 0. The fraction of sp³-hybridized carbons (Fsp3) is 0.250. The predicted molar refractivity (Wildman–Crippen MR) is 111 cm³/mol. The van der Waals surface area contributed by atoms with Crippen LogP contribution in [0.25, 0.3) is 0 Å². The molecule has 0 bridgehead atoms. The van der Waals surface area contributed by atoms with Crippen molar-refractivity contribution in [2.75, 3.05) is 13.1 Å². The summed E-state index contributed by atoms with van der Waals surface area (Å²) in [6, 6.07) is 23.4. The van der Waals surface area contributed by atoms with Gasteiger partial charge in [-0.1, -0.05) is 36.4 Å². The van der Waals surface area contributed by atoms with Crippen LogP contribution in [0.1, 0.15) is 30.1 Å². The maximum atomic E-state index is 11.6. The van der Waals surface area contributed by atoms with Crippen molar-refractivity contribution >= 4 is 5.97 Å². The number of aromatic nitrogens is 1. The Morgan fingerprint density at radius 1 is 1.03 bits per heavy atom. The van der Waals surface area contributed by atoms with Crippen molar-refractivity contribution in [3.63, 3.8) is 0 Å². The van der Waals surface area contributed by atoms with Gasteiger partial charge in [-0.25, -0.2) is 0 Å². The lowest BCUT2D eigenvalue weighted by Gasteiger charge is -2.37. The Balaban J connectivity index is 1.66. The largest absolute Gasteiger partial charge is 0.481 e. The number of piperidine rings is 1. The van der Waals surface area contributed by atoms with Gasteiger partial charge in [0.05, 0.1) is 17.7 Å². The minimum atomic E-state index is -0.726. The molecule has 2 unspecified atom stereocenters. The first kappa shape index (κ1) is 19.2. The molecule has 2 heterocycles. The lowest BCUT2D eigenvalue weighted by atomic mass is 9.93. The third-order valence-corrected chi connectivity index (χ3v) is 5.29. The Bertz CT molecular complexity index is 947. The van der Waals surface area contributed by atoms with Gasteiger partial charge in [0.2, 0.25) is 0 Å². The van der Waals surface area contributed by atoms with E-state index in [9.17, 15) is 9.90 Å². The van der Waals surface area contributed by atoms with E-state index in [1.807, 2.05) is 66.7 Å². The van der Waals surface area contributed by atoms with Crippen molar-refractivity contribution in [3.05, 3.63) is 90.3 Å². The number of pyridine rings is 1. The average Bonchev–Trinajstić information content (AvgIpc) is 2.76. The summed E-state index contributed by atoms with van der Waals surface area (Å²) in [5.74, 6) is 0.457. The molecule has 5 nitrogen and oxygen atoms in total. The van der Waals surface area contributed by atoms with Crippen LogP contribution in [0.3, 0.4) is 0 Å². The Morgan fingerprint density at radius 3 is 2.59 bits per heavy atom. The number of rotatable bonds is 6. The summed E-state index contributed by atoms with van der Waals surface area (Å²) in [4.78, 5) is 18.4. The van der Waals surface area contributed by atoms with Gasteiger partial charge in [-0.05, 0) is 61.3 Å². The minimum absolute atomic E-state index is 0.113. The third-order valence-electron chi connectivity index (χ3n) is 5.29. The Labute approximate surface area is 170 Å². The average molecular weight is 388 g/mol. The first-order chi connectivity index (χ1) is 14.2. The maximum absolute atomic E-state index is 11.6. The zero-order valence-electron chi connectivity index (χ0n) is 16.1. The summed E-state index contributed by atoms with van der Waals surface area (Å²) >= 11 is 0. The number of hydrogen-bond donors (Lipinski definition) is 1. The number of carboxylic acids is 1. The van der Waals surface area contributed by atoms with E-state index >= 15 is 0 Å². The second kappa shape index (κ2) is 8.88. The molecular formula is C24H24N2O3. The summed E-state index contributed by atoms with van der Waals surface area (Å²) in [6.07, 6.45) is 3.36. The lowest BCUT2D eigenvalue weighted by molar-refractivity contribution is -0.143. The standard InChI is InChI=1S/C24H24N2O3/c27-24(28)19-9-7-15-26(17-19)23(22-13-4-5-14-25-22)18-8-6-12-21(16-18)29-20-10-2-1-3-11-20/h1-6,8,10-14,16,19,23H,7,9,15,17H2,(H,27,28). The highest BCUT2D eigenvalue weighted by Gasteiger charge is 2.32. The van der Waals surface area contributed by atoms with Crippen LogP contribution in [-0.4, -0.2) is 34.0 Å². The molecule has 148 valence electrons. The van der Waals surface area contributed by atoms with E-state index in [0.29, 0.717) is 6.54 Å². The zero-order valence-corrected chi connectivity index (χ0v) is 16.1. The summed E-state index contributed by atoms with van der Waals surface area (Å²) in [6.45, 7) is 1.36. The van der Waals surface area contributed by atoms with Crippen molar-refractivity contribution in [1.82, 2.24) is 9.88 Å². The fourth-order valence-corrected chi connectivity index (χ4v) is 3.92. The molecule has 5 heteroatoms. The zero-order chi connectivity index (χ0) is 20.1. The Morgan fingerprint density at radius 2 is 1.83 bits per heavy atom. The number of nitrogens with zero attached hydrogens (tertiary/aromatic N) is 2. The maximum Gasteiger partial charge on any atom is 0.307 e. The van der Waals surface area contributed by atoms with Crippen LogP contribution < -0.4 is 4.74 Å². The molecule has 0 aliphatic carbocycles. The molecule has 1 fully saturated rings. The van der Waals surface area contributed by atoms with E-state index in [0.717, 1.165) is 42.1 Å². The molecule has 1 aromatic heterocycles. The number of benzene rings is 2. The molecular weight excluding hydrogens is 364 g/mol. The Kier molecular flexibility index (Phi) is 5.86. The molecule has 0 radical (unpaired) electrons. The van der Waals surface area contributed by atoms with Crippen LogP contribution in [0.15, 0.2) is 79.0 Å². The number of aliphatic carboxylic acids is 1. The second-order valence-corrected chi connectivity index (χ2v) is 7.32. The van der Waals surface area contributed by atoms with Gasteiger partial charge in [0.15, 0.2) is 0 Å². The molecule has 3 aromatic rings. The second-order valence-electron chi connectivity index (χ2n) is 7.32. The van der Waals surface area contributed by atoms with Gasteiger partial charge in [-0.15, -0.1) is 0 Å². The van der Waals surface area contributed by atoms with E-state index in [-0.39, 0.29) is 12.0 Å². The quantitative estimate of drug-likeness (QED) is 0.660. The highest BCUT2D eigenvalue weighted by molar-refractivity contribution is 5.70. The van der Waals surface area contributed by atoms with Gasteiger partial charge in [-0.2, -0.15) is 0 Å². The molecule has 29 heavy (non-hydrogen) atoms. The minimum Gasteiger partial charge on any atom is -0.481 e. The number of para-hydroxylation sites is 1. The van der Waals surface area contributed by atoms with Crippen molar-refractivity contribution in [3.8, 4) is 11.5 Å². The summed E-state index contributed by atoms with van der Waals surface area (Å²) in [5, 5.41) is 9.52. The van der Waals surface area contributed by atoms with Gasteiger partial charge >= 0.3 is 5.97 Å². The summed E-state index contributed by atoms with van der Waals surface area (Å²) in [5.41, 5.74) is 1.96. The van der Waals surface area contributed by atoms with Crippen LogP contribution in [0.5, 0.6) is 11.5 Å². The lowest BCUT2D eigenvalue weighted by Crippen LogP contribution is -2.41. The number of carbonyl (C=O) groups is 1. The smallest absolute Gasteiger partial charge is 0.307 e. The van der Waals surface area contributed by atoms with Gasteiger partial charge in [0.1, 0.15) is 11.5 Å². The van der Waals surface area contributed by atoms with Crippen molar-refractivity contribution in [2.24, 2.45) is 5.92 Å². The topological polar surface area (TPSA) is 62.7 Å². The number of likely N-dealkylation sites (tertiary alicyclic amines) is 1. The van der Waals surface area contributed by atoms with Crippen LogP contribution in [0.2, 0.25) is 0 Å². The van der Waals surface area contributed by atoms with Gasteiger partial charge in [0.25, 0.3) is 0 Å². The van der Waals surface area contributed by atoms with Gasteiger partial charge in [0, 0.05) is 12.7 Å². The highest BCUT2D eigenvalue weighted by atomic mass is 16.5. The third kappa shape index (κ3) is 4.63. The molecule has 1 N–H and O–H groups in total. The number of hydrogen-bond acceptors (Lipinski definition) is 4. The molecule has 1 aliphatic heterocycles. The molecule has 2 aromatic carbocycles. The molecule has 0 amide bonds. The monoisotopic (exact) mass is 388 g/mol.